The molecule has 1 saturated heterocycles. The Morgan fingerprint density at radius 1 is 1.23 bits per heavy atom. The highest BCUT2D eigenvalue weighted by Crippen LogP contribution is 2.27. The second-order valence-corrected chi connectivity index (χ2v) is 8.38. The van der Waals surface area contributed by atoms with Gasteiger partial charge in [-0.05, 0) is 37.1 Å². The average molecular weight is 385 g/mol. The minimum atomic E-state index is -0.0558. The van der Waals surface area contributed by atoms with E-state index in [1.54, 1.807) is 23.1 Å². The zero-order valence-corrected chi connectivity index (χ0v) is 15.9. The van der Waals surface area contributed by atoms with Gasteiger partial charge < -0.3 is 10.1 Å². The van der Waals surface area contributed by atoms with Gasteiger partial charge in [0.1, 0.15) is 5.01 Å². The largest absolute Gasteiger partial charge is 0.377 e. The first-order valence-corrected chi connectivity index (χ1v) is 10.6. The lowest BCUT2D eigenvalue weighted by Crippen LogP contribution is -2.23. The quantitative estimate of drug-likeness (QED) is 0.636. The molecule has 1 aromatic heterocycles. The van der Waals surface area contributed by atoms with Gasteiger partial charge in [0.05, 0.1) is 28.4 Å². The van der Waals surface area contributed by atoms with Gasteiger partial charge in [0, 0.05) is 17.3 Å². The lowest BCUT2D eigenvalue weighted by molar-refractivity contribution is 0.0947. The summed E-state index contributed by atoms with van der Waals surface area (Å²) in [7, 11) is 0. The number of rotatable bonds is 6. The van der Waals surface area contributed by atoms with Gasteiger partial charge in [0.2, 0.25) is 0 Å². The number of carbonyl (C=O) groups is 1. The number of aromatic nitrogens is 1. The van der Waals surface area contributed by atoms with Crippen molar-refractivity contribution in [3.05, 3.63) is 59.1 Å². The molecule has 4 rings (SSSR count). The van der Waals surface area contributed by atoms with Crippen molar-refractivity contribution in [2.45, 2.75) is 30.4 Å². The Hall–Kier alpha value is -1.89. The molecule has 0 saturated carbocycles. The lowest BCUT2D eigenvalue weighted by Gasteiger charge is -2.12. The molecule has 0 spiro atoms. The molecule has 1 N–H and O–H groups in total. The van der Waals surface area contributed by atoms with Crippen molar-refractivity contribution >= 4 is 39.2 Å². The summed E-state index contributed by atoms with van der Waals surface area (Å²) in [5, 5.41) is 3.93. The monoisotopic (exact) mass is 384 g/mol. The summed E-state index contributed by atoms with van der Waals surface area (Å²) in [4.78, 5) is 18.2. The van der Waals surface area contributed by atoms with Crippen LogP contribution in [0.3, 0.4) is 0 Å². The molecule has 1 unspecified atom stereocenters. The van der Waals surface area contributed by atoms with Gasteiger partial charge in [-0.25, -0.2) is 4.98 Å². The molecule has 1 fully saturated rings. The molecule has 2 heterocycles. The molecule has 1 amide bonds. The first-order valence-electron chi connectivity index (χ1n) is 8.76. The Labute approximate surface area is 161 Å². The van der Waals surface area contributed by atoms with Gasteiger partial charge in [-0.1, -0.05) is 24.3 Å². The average Bonchev–Trinajstić information content (AvgIpc) is 3.33. The van der Waals surface area contributed by atoms with Crippen molar-refractivity contribution in [1.82, 2.24) is 10.3 Å². The minimum absolute atomic E-state index is 0.0558. The summed E-state index contributed by atoms with van der Waals surface area (Å²) < 4.78 is 6.82. The number of hydrogen-bond donors (Lipinski definition) is 1. The van der Waals surface area contributed by atoms with Gasteiger partial charge in [0.25, 0.3) is 5.91 Å². The van der Waals surface area contributed by atoms with E-state index in [1.807, 2.05) is 42.5 Å². The van der Waals surface area contributed by atoms with Crippen LogP contribution in [-0.4, -0.2) is 29.4 Å². The smallest absolute Gasteiger partial charge is 0.252 e. The fraction of sp³-hybridized carbons (Fsp3) is 0.300. The second-order valence-electron chi connectivity index (χ2n) is 6.20. The van der Waals surface area contributed by atoms with Crippen molar-refractivity contribution in [2.24, 2.45) is 0 Å². The summed E-state index contributed by atoms with van der Waals surface area (Å²) in [5.41, 5.74) is 1.70. The van der Waals surface area contributed by atoms with Gasteiger partial charge in [-0.15, -0.1) is 23.1 Å². The van der Waals surface area contributed by atoms with E-state index in [2.05, 4.69) is 16.4 Å². The summed E-state index contributed by atoms with van der Waals surface area (Å²) in [6, 6.07) is 15.8. The maximum atomic E-state index is 12.7. The number of carbonyl (C=O) groups excluding carboxylic acids is 1. The molecule has 0 aliphatic carbocycles. The first kappa shape index (κ1) is 17.5. The molecule has 26 heavy (non-hydrogen) atoms. The summed E-state index contributed by atoms with van der Waals surface area (Å²) >= 11 is 3.32. The number of nitrogens with zero attached hydrogens (tertiary/aromatic N) is 1. The molecule has 0 radical (unpaired) electrons. The number of thioether (sulfide) groups is 1. The normalized spacial score (nSPS) is 16.8. The Bertz CT molecular complexity index is 870. The van der Waals surface area contributed by atoms with Crippen molar-refractivity contribution in [3.63, 3.8) is 0 Å². The zero-order chi connectivity index (χ0) is 17.8. The third-order valence-corrected chi connectivity index (χ3v) is 6.56. The highest BCUT2D eigenvalue weighted by molar-refractivity contribution is 7.99. The summed E-state index contributed by atoms with van der Waals surface area (Å²) in [5.74, 6) is 0.835. The van der Waals surface area contributed by atoms with Crippen LogP contribution in [0.25, 0.3) is 10.2 Å². The highest BCUT2D eigenvalue weighted by Gasteiger charge is 2.18. The molecular weight excluding hydrogens is 364 g/mol. The maximum absolute atomic E-state index is 12.7. The van der Waals surface area contributed by atoms with Crippen molar-refractivity contribution in [2.75, 3.05) is 12.4 Å². The van der Waals surface area contributed by atoms with Crippen LogP contribution in [0.4, 0.5) is 0 Å². The van der Waals surface area contributed by atoms with Crippen molar-refractivity contribution in [1.29, 1.82) is 0 Å². The van der Waals surface area contributed by atoms with Gasteiger partial charge >= 0.3 is 0 Å². The van der Waals surface area contributed by atoms with E-state index < -0.39 is 0 Å². The van der Waals surface area contributed by atoms with Gasteiger partial charge in [-0.2, -0.15) is 0 Å². The molecule has 4 nitrogen and oxygen atoms in total. The first-order chi connectivity index (χ1) is 12.8. The second kappa shape index (κ2) is 8.20. The van der Waals surface area contributed by atoms with Crippen LogP contribution >= 0.6 is 23.1 Å². The number of hydrogen-bond acceptors (Lipinski definition) is 5. The Morgan fingerprint density at radius 3 is 2.92 bits per heavy atom. The van der Waals surface area contributed by atoms with E-state index in [0.717, 1.165) is 50.9 Å². The van der Waals surface area contributed by atoms with Crippen LogP contribution in [0.2, 0.25) is 0 Å². The Balaban J connectivity index is 1.40. The number of ether oxygens (including phenoxy) is 1. The fourth-order valence-electron chi connectivity index (χ4n) is 2.99. The number of nitrogens with one attached hydrogen (secondary N) is 1. The van der Waals surface area contributed by atoms with Crippen molar-refractivity contribution < 1.29 is 9.53 Å². The fourth-order valence-corrected chi connectivity index (χ4v) is 5.01. The predicted molar refractivity (Wildman–Crippen MR) is 107 cm³/mol. The van der Waals surface area contributed by atoms with Crippen LogP contribution in [0, 0.1) is 0 Å². The molecule has 1 aliphatic heterocycles. The Kier molecular flexibility index (Phi) is 5.53. The molecule has 0 bridgehead atoms. The SMILES string of the molecule is O=C(NCc1nc2ccccc2s1)c1ccccc1SCC1CCCO1. The number of thiazole rings is 1. The van der Waals surface area contributed by atoms with E-state index in [9.17, 15) is 4.79 Å². The molecule has 2 aromatic carbocycles. The number of amides is 1. The maximum Gasteiger partial charge on any atom is 0.252 e. The van der Waals surface area contributed by atoms with Crippen LogP contribution in [0.15, 0.2) is 53.4 Å². The third-order valence-electron chi connectivity index (χ3n) is 4.32. The number of para-hydroxylation sites is 1. The molecule has 6 heteroatoms. The van der Waals surface area contributed by atoms with Crippen molar-refractivity contribution in [3.8, 4) is 0 Å². The minimum Gasteiger partial charge on any atom is -0.377 e. The van der Waals surface area contributed by atoms with Crippen LogP contribution in [0.5, 0.6) is 0 Å². The van der Waals surface area contributed by atoms with Gasteiger partial charge in [-0.3, -0.25) is 4.79 Å². The predicted octanol–water partition coefficient (Wildman–Crippen LogP) is 4.50. The molecule has 3 aromatic rings. The molecule has 134 valence electrons. The number of benzene rings is 2. The van der Waals surface area contributed by atoms with E-state index >= 15 is 0 Å². The third kappa shape index (κ3) is 4.09. The number of fused-ring (bicyclic) bond motifs is 1. The van der Waals surface area contributed by atoms with E-state index in [1.165, 1.54) is 0 Å². The topological polar surface area (TPSA) is 51.2 Å². The van der Waals surface area contributed by atoms with E-state index in [0.29, 0.717) is 12.6 Å². The Morgan fingerprint density at radius 2 is 2.08 bits per heavy atom. The van der Waals surface area contributed by atoms with Gasteiger partial charge in [0.15, 0.2) is 0 Å². The van der Waals surface area contributed by atoms with Crippen LogP contribution in [0.1, 0.15) is 28.2 Å². The molecule has 1 atom stereocenters. The molecule has 1 aliphatic rings. The summed E-state index contributed by atoms with van der Waals surface area (Å²) in [6.07, 6.45) is 2.55. The molecular formula is C20H20N2O2S2. The van der Waals surface area contributed by atoms with E-state index in [-0.39, 0.29) is 5.91 Å². The highest BCUT2D eigenvalue weighted by atomic mass is 32.2. The zero-order valence-electron chi connectivity index (χ0n) is 14.3. The summed E-state index contributed by atoms with van der Waals surface area (Å²) in [6.45, 7) is 1.30. The van der Waals surface area contributed by atoms with E-state index in [4.69, 9.17) is 4.74 Å². The van der Waals surface area contributed by atoms with Crippen LogP contribution < -0.4 is 5.32 Å². The lowest BCUT2D eigenvalue weighted by atomic mass is 10.2. The standard InChI is InChI=1S/C20H20N2O2S2/c23-20(21-12-19-22-16-8-2-4-10-18(16)26-19)15-7-1-3-9-17(15)25-13-14-6-5-11-24-14/h1-4,7-10,14H,5-6,11-13H2,(H,21,23). The van der Waals surface area contributed by atoms with Crippen LogP contribution in [-0.2, 0) is 11.3 Å².